The van der Waals surface area contributed by atoms with Gasteiger partial charge in [-0.1, -0.05) is 0 Å². The second kappa shape index (κ2) is 6.37. The fourth-order valence-corrected chi connectivity index (χ4v) is 4.72. The smallest absolute Gasteiger partial charge is 0.227 e. The van der Waals surface area contributed by atoms with Gasteiger partial charge in [0.1, 0.15) is 5.82 Å². The zero-order valence-corrected chi connectivity index (χ0v) is 13.8. The monoisotopic (exact) mass is 354 g/mol. The number of nitrogens with one attached hydrogen (secondary N) is 1. The topological polar surface area (TPSA) is 76.1 Å². The molecule has 1 aliphatic rings. The first-order chi connectivity index (χ1) is 10.9. The molecular weight excluding hydrogens is 339 g/mol. The number of carbonyl (C=O) groups excluding carboxylic acids is 1. The van der Waals surface area contributed by atoms with Crippen molar-refractivity contribution in [3.63, 3.8) is 0 Å². The Morgan fingerprint density at radius 2 is 2.00 bits per heavy atom. The molecule has 5 nitrogen and oxygen atoms in total. The molecular formula is C15H15FN2O3S2. The molecule has 8 heteroatoms. The number of thiazole rings is 1. The molecule has 0 saturated heterocycles. The maximum atomic E-state index is 12.8. The van der Waals surface area contributed by atoms with Gasteiger partial charge in [0.2, 0.25) is 5.91 Å². The summed E-state index contributed by atoms with van der Waals surface area (Å²) in [5, 5.41) is 3.18. The van der Waals surface area contributed by atoms with E-state index in [4.69, 9.17) is 0 Å². The Labute approximate surface area is 137 Å². The predicted octanol–water partition coefficient (Wildman–Crippen LogP) is 2.57. The van der Waals surface area contributed by atoms with Gasteiger partial charge in [-0.2, -0.15) is 0 Å². The second-order valence-corrected chi connectivity index (χ2v) is 8.51. The fourth-order valence-electron chi connectivity index (χ4n) is 2.41. The van der Waals surface area contributed by atoms with Crippen molar-refractivity contribution >= 4 is 32.2 Å². The highest BCUT2D eigenvalue weighted by Gasteiger charge is 2.20. The molecule has 1 aromatic carbocycles. The summed E-state index contributed by atoms with van der Waals surface area (Å²) in [5.74, 6) is -1.21. The van der Waals surface area contributed by atoms with Crippen LogP contribution < -0.4 is 5.32 Å². The molecule has 23 heavy (non-hydrogen) atoms. The molecule has 0 fully saturated rings. The summed E-state index contributed by atoms with van der Waals surface area (Å²) < 4.78 is 37.0. The van der Waals surface area contributed by atoms with Gasteiger partial charge in [0.25, 0.3) is 0 Å². The minimum atomic E-state index is -3.61. The van der Waals surface area contributed by atoms with Crippen LogP contribution in [0.5, 0.6) is 0 Å². The molecule has 0 bridgehead atoms. The molecule has 3 rings (SSSR count). The number of aryl methyl sites for hydroxylation is 2. The van der Waals surface area contributed by atoms with Crippen molar-refractivity contribution in [3.8, 4) is 0 Å². The van der Waals surface area contributed by atoms with Crippen LogP contribution in [0, 0.1) is 5.82 Å². The van der Waals surface area contributed by atoms with Crippen LogP contribution in [0.1, 0.15) is 23.4 Å². The normalized spacial score (nSPS) is 13.8. The van der Waals surface area contributed by atoms with Crippen molar-refractivity contribution < 1.29 is 17.6 Å². The minimum absolute atomic E-state index is 0.0138. The number of hydrogen-bond donors (Lipinski definition) is 1. The van der Waals surface area contributed by atoms with E-state index in [2.05, 4.69) is 10.3 Å². The van der Waals surface area contributed by atoms with E-state index in [1.165, 1.54) is 28.3 Å². The summed E-state index contributed by atoms with van der Waals surface area (Å²) in [6, 6.07) is 4.58. The Kier molecular flexibility index (Phi) is 4.45. The molecule has 0 atom stereocenters. The first-order valence-corrected chi connectivity index (χ1v) is 9.68. The molecule has 1 aromatic heterocycles. The largest absolute Gasteiger partial charge is 0.302 e. The highest BCUT2D eigenvalue weighted by atomic mass is 32.2. The third-order valence-corrected chi connectivity index (χ3v) is 6.42. The molecule has 0 radical (unpaired) electrons. The van der Waals surface area contributed by atoms with E-state index >= 15 is 0 Å². The molecule has 0 aliphatic heterocycles. The van der Waals surface area contributed by atoms with E-state index in [0.717, 1.165) is 37.1 Å². The molecule has 1 aliphatic carbocycles. The molecule has 0 unspecified atom stereocenters. The summed E-state index contributed by atoms with van der Waals surface area (Å²) in [6.07, 6.45) is 2.85. The lowest BCUT2D eigenvalue weighted by Crippen LogP contribution is -2.17. The summed E-state index contributed by atoms with van der Waals surface area (Å²) in [5.41, 5.74) is 1.03. The van der Waals surface area contributed by atoms with Gasteiger partial charge in [-0.3, -0.25) is 4.79 Å². The maximum absolute atomic E-state index is 12.8. The van der Waals surface area contributed by atoms with Crippen LogP contribution >= 0.6 is 11.3 Å². The third kappa shape index (κ3) is 3.76. The SMILES string of the molecule is O=C(CCS(=O)(=O)c1ccc(F)cc1)Nc1nc2c(s1)CCC2. The van der Waals surface area contributed by atoms with Crippen molar-refractivity contribution in [1.82, 2.24) is 4.98 Å². The van der Waals surface area contributed by atoms with Crippen LogP contribution in [0.15, 0.2) is 29.2 Å². The number of rotatable bonds is 5. The highest BCUT2D eigenvalue weighted by Crippen LogP contribution is 2.30. The van der Waals surface area contributed by atoms with E-state index in [9.17, 15) is 17.6 Å². The van der Waals surface area contributed by atoms with Gasteiger partial charge in [-0.15, -0.1) is 11.3 Å². The number of halogens is 1. The number of fused-ring (bicyclic) bond motifs is 1. The summed E-state index contributed by atoms with van der Waals surface area (Å²) in [6.45, 7) is 0. The molecule has 2 aromatic rings. The van der Waals surface area contributed by atoms with E-state index in [1.807, 2.05) is 0 Å². The number of anilines is 1. The van der Waals surface area contributed by atoms with Crippen molar-refractivity contribution in [3.05, 3.63) is 40.7 Å². The lowest BCUT2D eigenvalue weighted by Gasteiger charge is -2.04. The first kappa shape index (κ1) is 16.1. The van der Waals surface area contributed by atoms with E-state index < -0.39 is 15.7 Å². The quantitative estimate of drug-likeness (QED) is 0.838. The van der Waals surface area contributed by atoms with Crippen LogP contribution in [0.25, 0.3) is 0 Å². The summed E-state index contributed by atoms with van der Waals surface area (Å²) in [4.78, 5) is 17.4. The Hall–Kier alpha value is -1.80. The van der Waals surface area contributed by atoms with Gasteiger partial charge in [-0.25, -0.2) is 17.8 Å². The summed E-state index contributed by atoms with van der Waals surface area (Å²) in [7, 11) is -3.61. The minimum Gasteiger partial charge on any atom is -0.302 e. The van der Waals surface area contributed by atoms with Crippen molar-refractivity contribution in [2.45, 2.75) is 30.6 Å². The van der Waals surface area contributed by atoms with Crippen LogP contribution in [0.3, 0.4) is 0 Å². The number of amides is 1. The molecule has 1 heterocycles. The van der Waals surface area contributed by atoms with Gasteiger partial charge in [0, 0.05) is 11.3 Å². The number of hydrogen-bond acceptors (Lipinski definition) is 5. The van der Waals surface area contributed by atoms with Crippen molar-refractivity contribution in [2.24, 2.45) is 0 Å². The van der Waals surface area contributed by atoms with Crippen molar-refractivity contribution in [2.75, 3.05) is 11.1 Å². The molecule has 122 valence electrons. The Bertz CT molecular complexity index is 807. The van der Waals surface area contributed by atoms with E-state index in [-0.39, 0.29) is 23.0 Å². The van der Waals surface area contributed by atoms with Gasteiger partial charge in [0.05, 0.1) is 16.3 Å². The Morgan fingerprint density at radius 1 is 1.26 bits per heavy atom. The number of nitrogens with zero attached hydrogens (tertiary/aromatic N) is 1. The maximum Gasteiger partial charge on any atom is 0.227 e. The average molecular weight is 354 g/mol. The molecule has 1 amide bonds. The lowest BCUT2D eigenvalue weighted by atomic mass is 10.4. The molecule has 0 spiro atoms. The fraction of sp³-hybridized carbons (Fsp3) is 0.333. The van der Waals surface area contributed by atoms with Crippen molar-refractivity contribution in [1.29, 1.82) is 0 Å². The lowest BCUT2D eigenvalue weighted by molar-refractivity contribution is -0.115. The van der Waals surface area contributed by atoms with Gasteiger partial charge < -0.3 is 5.32 Å². The third-order valence-electron chi connectivity index (χ3n) is 3.61. The summed E-state index contributed by atoms with van der Waals surface area (Å²) >= 11 is 1.45. The molecule has 1 N–H and O–H groups in total. The Morgan fingerprint density at radius 3 is 2.70 bits per heavy atom. The average Bonchev–Trinajstić information content (AvgIpc) is 3.07. The van der Waals surface area contributed by atoms with Gasteiger partial charge in [0.15, 0.2) is 15.0 Å². The zero-order chi connectivity index (χ0) is 16.4. The predicted molar refractivity (Wildman–Crippen MR) is 85.8 cm³/mol. The number of aromatic nitrogens is 1. The molecule has 0 saturated carbocycles. The van der Waals surface area contributed by atoms with Gasteiger partial charge in [-0.05, 0) is 43.5 Å². The van der Waals surface area contributed by atoms with Crippen LogP contribution in [-0.4, -0.2) is 25.1 Å². The van der Waals surface area contributed by atoms with Crippen LogP contribution in [-0.2, 0) is 27.5 Å². The number of benzene rings is 1. The second-order valence-electron chi connectivity index (χ2n) is 5.31. The zero-order valence-electron chi connectivity index (χ0n) is 12.2. The number of carbonyl (C=O) groups is 1. The van der Waals surface area contributed by atoms with Crippen LogP contribution in [0.4, 0.5) is 9.52 Å². The van der Waals surface area contributed by atoms with E-state index in [0.29, 0.717) is 5.13 Å². The highest BCUT2D eigenvalue weighted by molar-refractivity contribution is 7.91. The first-order valence-electron chi connectivity index (χ1n) is 7.21. The van der Waals surface area contributed by atoms with E-state index in [1.54, 1.807) is 0 Å². The standard InChI is InChI=1S/C15H15FN2O3S2/c16-10-4-6-11(7-5-10)23(20,21)9-8-14(19)18-15-17-12-2-1-3-13(12)22-15/h4-7H,1-3,8-9H2,(H,17,18,19). The van der Waals surface area contributed by atoms with Gasteiger partial charge >= 0.3 is 0 Å². The van der Waals surface area contributed by atoms with Crippen LogP contribution in [0.2, 0.25) is 0 Å². The number of sulfone groups is 1. The Balaban J connectivity index is 1.58.